The van der Waals surface area contributed by atoms with Gasteiger partial charge in [0, 0.05) is 19.0 Å². The second-order valence-corrected chi connectivity index (χ2v) is 3.41. The maximum Gasteiger partial charge on any atom is 0.453 e. The molecule has 2 fully saturated rings. The fraction of sp³-hybridized carbons (Fsp3) is 0.857. The number of nitrogens with one attached hydrogen (secondary N) is 1. The second-order valence-electron chi connectivity index (χ2n) is 3.41. The van der Waals surface area contributed by atoms with E-state index in [1.54, 1.807) is 0 Å². The van der Waals surface area contributed by atoms with Crippen LogP contribution in [0.5, 0.6) is 0 Å². The number of halogens is 3. The van der Waals surface area contributed by atoms with Crippen molar-refractivity contribution in [3.8, 4) is 0 Å². The molecular weight excluding hydrogens is 187 g/mol. The Morgan fingerprint density at radius 3 is 2.54 bits per heavy atom. The Morgan fingerprint density at radius 1 is 1.54 bits per heavy atom. The summed E-state index contributed by atoms with van der Waals surface area (Å²) in [4.78, 5) is 11.0. The average Bonchev–Trinajstić information content (AvgIpc) is 2.60. The fourth-order valence-electron chi connectivity index (χ4n) is 1.84. The third kappa shape index (κ3) is 1.24. The number of rotatable bonds is 1. The van der Waals surface area contributed by atoms with Crippen LogP contribution in [0.3, 0.4) is 0 Å². The molecule has 2 aliphatic rings. The molecule has 2 heterocycles. The molecule has 3 nitrogen and oxygen atoms in total. The molecule has 2 aliphatic heterocycles. The molecule has 0 aromatic carbocycles. The summed E-state index contributed by atoms with van der Waals surface area (Å²) in [6.45, 7) is 0.178. The third-order valence-corrected chi connectivity index (χ3v) is 2.48. The van der Waals surface area contributed by atoms with Crippen molar-refractivity contribution >= 4 is 5.78 Å². The zero-order chi connectivity index (χ0) is 9.69. The van der Waals surface area contributed by atoms with Gasteiger partial charge in [-0.25, -0.2) is 0 Å². The first-order chi connectivity index (χ1) is 5.94. The van der Waals surface area contributed by atoms with Crippen molar-refractivity contribution in [1.82, 2.24) is 5.32 Å². The first-order valence-electron chi connectivity index (χ1n) is 3.93. The smallest absolute Gasteiger partial charge is 0.364 e. The molecule has 13 heavy (non-hydrogen) atoms. The number of hydrogen-bond acceptors (Lipinski definition) is 3. The molecule has 0 saturated carbocycles. The molecule has 0 aromatic heterocycles. The van der Waals surface area contributed by atoms with Crippen molar-refractivity contribution in [3.05, 3.63) is 0 Å². The molecule has 2 rings (SSSR count). The van der Waals surface area contributed by atoms with Crippen LogP contribution in [0.1, 0.15) is 6.42 Å². The Labute approximate surface area is 72.2 Å². The van der Waals surface area contributed by atoms with Crippen LogP contribution >= 0.6 is 0 Å². The number of fused-ring (bicyclic) bond motifs is 2. The van der Waals surface area contributed by atoms with Crippen molar-refractivity contribution in [2.45, 2.75) is 24.2 Å². The molecule has 6 heteroatoms. The van der Waals surface area contributed by atoms with Gasteiger partial charge in [0.2, 0.25) is 0 Å². The van der Waals surface area contributed by atoms with Crippen molar-refractivity contribution in [3.63, 3.8) is 0 Å². The lowest BCUT2D eigenvalue weighted by molar-refractivity contribution is -0.190. The topological polar surface area (TPSA) is 38.3 Å². The summed E-state index contributed by atoms with van der Waals surface area (Å²) in [5.74, 6) is -1.76. The van der Waals surface area contributed by atoms with Gasteiger partial charge in [0.15, 0.2) is 0 Å². The summed E-state index contributed by atoms with van der Waals surface area (Å²) in [7, 11) is 0. The van der Waals surface area contributed by atoms with E-state index in [0.717, 1.165) is 0 Å². The van der Waals surface area contributed by atoms with Crippen molar-refractivity contribution < 1.29 is 22.7 Å². The Bertz CT molecular complexity index is 243. The predicted molar refractivity (Wildman–Crippen MR) is 36.2 cm³/mol. The number of morpholine rings is 1. The molecule has 0 radical (unpaired) electrons. The number of ketones is 1. The van der Waals surface area contributed by atoms with Crippen LogP contribution in [0, 0.1) is 0 Å². The molecule has 2 bridgehead atoms. The number of alkyl halides is 3. The van der Waals surface area contributed by atoms with Gasteiger partial charge in [-0.05, 0) is 0 Å². The second kappa shape index (κ2) is 2.45. The highest BCUT2D eigenvalue weighted by Gasteiger charge is 2.60. The van der Waals surface area contributed by atoms with E-state index < -0.39 is 17.6 Å². The molecule has 2 saturated heterocycles. The van der Waals surface area contributed by atoms with Crippen LogP contribution in [0.25, 0.3) is 0 Å². The quantitative estimate of drug-likeness (QED) is 0.651. The first-order valence-corrected chi connectivity index (χ1v) is 3.93. The van der Waals surface area contributed by atoms with Crippen molar-refractivity contribution in [1.29, 1.82) is 0 Å². The van der Waals surface area contributed by atoms with Crippen molar-refractivity contribution in [2.24, 2.45) is 0 Å². The fourth-order valence-corrected chi connectivity index (χ4v) is 1.84. The first kappa shape index (κ1) is 8.96. The van der Waals surface area contributed by atoms with E-state index in [1.807, 2.05) is 0 Å². The number of Topliss-reactive ketones (excluding diaryl/α,β-unsaturated/α-hetero) is 1. The minimum absolute atomic E-state index is 0.0178. The van der Waals surface area contributed by atoms with E-state index in [-0.39, 0.29) is 25.6 Å². The average molecular weight is 195 g/mol. The Kier molecular flexibility index (Phi) is 1.69. The van der Waals surface area contributed by atoms with Gasteiger partial charge in [0.1, 0.15) is 5.60 Å². The Morgan fingerprint density at radius 2 is 2.23 bits per heavy atom. The minimum Gasteiger partial charge on any atom is -0.364 e. The van der Waals surface area contributed by atoms with Crippen molar-refractivity contribution in [2.75, 3.05) is 13.2 Å². The summed E-state index contributed by atoms with van der Waals surface area (Å²) in [5.41, 5.74) is -1.62. The van der Waals surface area contributed by atoms with Gasteiger partial charge in [0.05, 0.1) is 6.61 Å². The molecule has 0 aromatic rings. The monoisotopic (exact) mass is 195 g/mol. The van der Waals surface area contributed by atoms with E-state index in [4.69, 9.17) is 4.74 Å². The number of carbonyl (C=O) groups excluding carboxylic acids is 1. The highest BCUT2D eigenvalue weighted by atomic mass is 19.4. The zero-order valence-corrected chi connectivity index (χ0v) is 6.65. The van der Waals surface area contributed by atoms with E-state index in [2.05, 4.69) is 5.32 Å². The molecule has 0 aliphatic carbocycles. The molecule has 1 N–H and O–H groups in total. The van der Waals surface area contributed by atoms with E-state index in [9.17, 15) is 18.0 Å². The maximum atomic E-state index is 12.1. The van der Waals surface area contributed by atoms with E-state index in [1.165, 1.54) is 0 Å². The summed E-state index contributed by atoms with van der Waals surface area (Å²) in [6, 6.07) is -0.0914. The van der Waals surface area contributed by atoms with Crippen LogP contribution in [-0.2, 0) is 9.53 Å². The van der Waals surface area contributed by atoms with Crippen LogP contribution in [-0.4, -0.2) is 36.8 Å². The zero-order valence-electron chi connectivity index (χ0n) is 6.65. The molecular formula is C7H8F3NO2. The molecule has 0 amide bonds. The third-order valence-electron chi connectivity index (χ3n) is 2.48. The molecule has 0 spiro atoms. The highest BCUT2D eigenvalue weighted by molar-refractivity contribution is 5.93. The van der Waals surface area contributed by atoms with Crippen LogP contribution in [0.2, 0.25) is 0 Å². The standard InChI is InChI=1S/C7H8F3NO2/c8-7(9,10)5(12)6-1-4(2-13-6)11-3-6/h4,11H,1-3H2. The summed E-state index contributed by atoms with van der Waals surface area (Å²) < 4.78 is 41.2. The number of carbonyl (C=O) groups is 1. The van der Waals surface area contributed by atoms with E-state index in [0.29, 0.717) is 0 Å². The van der Waals surface area contributed by atoms with Gasteiger partial charge < -0.3 is 10.1 Å². The van der Waals surface area contributed by atoms with Crippen LogP contribution in [0.15, 0.2) is 0 Å². The van der Waals surface area contributed by atoms with Crippen LogP contribution < -0.4 is 5.32 Å². The minimum atomic E-state index is -4.79. The molecule has 2 unspecified atom stereocenters. The summed E-state index contributed by atoms with van der Waals surface area (Å²) in [6.07, 6.45) is -4.65. The molecule has 74 valence electrons. The lowest BCUT2D eigenvalue weighted by Gasteiger charge is -2.25. The normalized spacial score (nSPS) is 38.2. The van der Waals surface area contributed by atoms with Gasteiger partial charge in [-0.2, -0.15) is 13.2 Å². The maximum absolute atomic E-state index is 12.1. The molecule has 2 atom stereocenters. The Hall–Kier alpha value is -0.620. The van der Waals surface area contributed by atoms with Gasteiger partial charge >= 0.3 is 6.18 Å². The highest BCUT2D eigenvalue weighted by Crippen LogP contribution is 2.37. The largest absolute Gasteiger partial charge is 0.453 e. The predicted octanol–water partition coefficient (Wildman–Crippen LogP) is 0.249. The Balaban J connectivity index is 2.21. The van der Waals surface area contributed by atoms with Gasteiger partial charge in [-0.15, -0.1) is 0 Å². The van der Waals surface area contributed by atoms with Gasteiger partial charge in [-0.3, -0.25) is 4.79 Å². The number of hydrogen-bond donors (Lipinski definition) is 1. The summed E-state index contributed by atoms with van der Waals surface area (Å²) >= 11 is 0. The lowest BCUT2D eigenvalue weighted by atomic mass is 9.97. The summed E-state index contributed by atoms with van der Waals surface area (Å²) in [5, 5.41) is 2.80. The van der Waals surface area contributed by atoms with Gasteiger partial charge in [0.25, 0.3) is 5.78 Å². The van der Waals surface area contributed by atoms with Crippen LogP contribution in [0.4, 0.5) is 13.2 Å². The lowest BCUT2D eigenvalue weighted by Crippen LogP contribution is -2.50. The van der Waals surface area contributed by atoms with Gasteiger partial charge in [-0.1, -0.05) is 0 Å². The SMILES string of the molecule is O=C(C(F)(F)F)C12CNC(CO1)C2. The number of ether oxygens (including phenoxy) is 1. The van der Waals surface area contributed by atoms with E-state index >= 15 is 0 Å².